The fourth-order valence-corrected chi connectivity index (χ4v) is 7.00. The topological polar surface area (TPSA) is 114 Å². The third-order valence-electron chi connectivity index (χ3n) is 7.45. The molecular weight excluding hydrogens is 682 g/mol. The third kappa shape index (κ3) is 7.63. The number of nitrogens with zero attached hydrogens (tertiary/aromatic N) is 1. The molecule has 0 saturated carbocycles. The molecule has 0 aromatic heterocycles. The standard InChI is InChI=1S/C34H31BrF2N2O6S/c35-30-10-5-4-9-29(30)31-34(15-18-46(42,43)28-7-2-1-3-8-28,33(41)38-22-23-19-25(36)21-26(37)20-23)39-32(45-31)24-11-13-27(14-12-24)44-17-6-16-40/h1-5,7-14,19-21,31,40H,6,15-18,22H2,(H,38,41)/t31-,34-/m1/s1. The van der Waals surface area contributed by atoms with Crippen LogP contribution in [0.4, 0.5) is 8.78 Å². The number of aliphatic hydroxyl groups excluding tert-OH is 1. The molecule has 0 aliphatic carbocycles. The molecule has 4 aromatic rings. The second-order valence-electron chi connectivity index (χ2n) is 10.7. The second-order valence-corrected chi connectivity index (χ2v) is 13.6. The number of rotatable bonds is 13. The summed E-state index contributed by atoms with van der Waals surface area (Å²) in [5, 5.41) is 11.8. The first kappa shape index (κ1) is 33.2. The Morgan fingerprint density at radius 1 is 0.978 bits per heavy atom. The normalized spacial score (nSPS) is 17.7. The van der Waals surface area contributed by atoms with Gasteiger partial charge in [-0.15, -0.1) is 0 Å². The molecule has 2 atom stereocenters. The van der Waals surface area contributed by atoms with E-state index in [4.69, 9.17) is 19.6 Å². The lowest BCUT2D eigenvalue weighted by atomic mass is 9.85. The average molecular weight is 714 g/mol. The number of carbonyl (C=O) groups excluding carboxylic acids is 1. The number of ether oxygens (including phenoxy) is 2. The summed E-state index contributed by atoms with van der Waals surface area (Å²) in [6.07, 6.45) is -0.878. The van der Waals surface area contributed by atoms with Gasteiger partial charge >= 0.3 is 0 Å². The van der Waals surface area contributed by atoms with E-state index >= 15 is 0 Å². The Kier molecular flexibility index (Phi) is 10.5. The number of halogens is 3. The first-order valence-electron chi connectivity index (χ1n) is 14.5. The van der Waals surface area contributed by atoms with Crippen molar-refractivity contribution in [2.24, 2.45) is 4.99 Å². The van der Waals surface area contributed by atoms with Gasteiger partial charge in [0.15, 0.2) is 21.5 Å². The van der Waals surface area contributed by atoms with E-state index in [0.717, 1.165) is 18.2 Å². The summed E-state index contributed by atoms with van der Waals surface area (Å²) in [4.78, 5) is 19.2. The number of benzene rings is 4. The maximum atomic E-state index is 14.3. The van der Waals surface area contributed by atoms with Gasteiger partial charge in [0.05, 0.1) is 17.3 Å². The zero-order valence-corrected chi connectivity index (χ0v) is 26.9. The predicted molar refractivity (Wildman–Crippen MR) is 172 cm³/mol. The van der Waals surface area contributed by atoms with Gasteiger partial charge in [-0.05, 0) is 60.2 Å². The largest absolute Gasteiger partial charge is 0.494 e. The molecule has 0 bridgehead atoms. The number of hydrogen-bond donors (Lipinski definition) is 2. The Hall–Kier alpha value is -4.13. The minimum atomic E-state index is -3.86. The number of amides is 1. The molecule has 1 amide bonds. The van der Waals surface area contributed by atoms with Gasteiger partial charge in [-0.2, -0.15) is 0 Å². The highest BCUT2D eigenvalue weighted by molar-refractivity contribution is 9.10. The van der Waals surface area contributed by atoms with Crippen molar-refractivity contribution >= 4 is 37.6 Å². The smallest absolute Gasteiger partial charge is 0.252 e. The molecule has 12 heteroatoms. The van der Waals surface area contributed by atoms with Crippen molar-refractivity contribution < 1.29 is 36.6 Å². The van der Waals surface area contributed by atoms with Crippen molar-refractivity contribution in [2.45, 2.75) is 35.9 Å². The molecule has 0 fully saturated rings. The molecular formula is C34H31BrF2N2O6S. The summed E-state index contributed by atoms with van der Waals surface area (Å²) >= 11 is 3.54. The Balaban J connectivity index is 1.56. The van der Waals surface area contributed by atoms with Crippen LogP contribution >= 0.6 is 15.9 Å². The number of aliphatic imine (C=N–C) groups is 1. The minimum Gasteiger partial charge on any atom is -0.494 e. The van der Waals surface area contributed by atoms with Crippen molar-refractivity contribution in [3.05, 3.63) is 130 Å². The Morgan fingerprint density at radius 2 is 1.65 bits per heavy atom. The van der Waals surface area contributed by atoms with E-state index in [1.54, 1.807) is 66.7 Å². The van der Waals surface area contributed by atoms with Crippen LogP contribution in [-0.2, 0) is 25.9 Å². The van der Waals surface area contributed by atoms with E-state index in [1.807, 2.05) is 0 Å². The van der Waals surface area contributed by atoms with Gasteiger partial charge in [0.1, 0.15) is 17.4 Å². The van der Waals surface area contributed by atoms with Gasteiger partial charge in [-0.25, -0.2) is 22.2 Å². The molecule has 4 aromatic carbocycles. The van der Waals surface area contributed by atoms with Crippen LogP contribution in [0.5, 0.6) is 5.75 Å². The molecule has 0 unspecified atom stereocenters. The highest BCUT2D eigenvalue weighted by atomic mass is 79.9. The Bertz CT molecular complexity index is 1800. The van der Waals surface area contributed by atoms with Crippen LogP contribution in [0.25, 0.3) is 0 Å². The monoisotopic (exact) mass is 712 g/mol. The Morgan fingerprint density at radius 3 is 2.33 bits per heavy atom. The SMILES string of the molecule is O=C(NCc1cc(F)cc(F)c1)[C@]1(CCS(=O)(=O)c2ccccc2)N=C(c2ccc(OCCCO)cc2)O[C@@H]1c1ccccc1Br. The molecule has 5 rings (SSSR count). The van der Waals surface area contributed by atoms with Crippen LogP contribution in [0.2, 0.25) is 0 Å². The number of sulfone groups is 1. The van der Waals surface area contributed by atoms with Gasteiger partial charge in [0.2, 0.25) is 5.90 Å². The summed E-state index contributed by atoms with van der Waals surface area (Å²) in [5.74, 6) is -2.07. The van der Waals surface area contributed by atoms with Crippen LogP contribution in [0, 0.1) is 11.6 Å². The van der Waals surface area contributed by atoms with E-state index in [0.29, 0.717) is 34.4 Å². The summed E-state index contributed by atoms with van der Waals surface area (Å²) in [5.41, 5.74) is -0.563. The van der Waals surface area contributed by atoms with Gasteiger partial charge in [-0.1, -0.05) is 52.3 Å². The maximum Gasteiger partial charge on any atom is 0.252 e. The first-order chi connectivity index (χ1) is 22.1. The van der Waals surface area contributed by atoms with Crippen molar-refractivity contribution in [1.82, 2.24) is 5.32 Å². The third-order valence-corrected chi connectivity index (χ3v) is 9.90. The average Bonchev–Trinajstić information content (AvgIpc) is 3.44. The number of hydrogen-bond acceptors (Lipinski definition) is 7. The van der Waals surface area contributed by atoms with E-state index in [2.05, 4.69) is 21.2 Å². The quantitative estimate of drug-likeness (QED) is 0.166. The minimum absolute atomic E-state index is 0.00252. The fourth-order valence-electron chi connectivity index (χ4n) is 5.12. The van der Waals surface area contributed by atoms with Crippen LogP contribution in [-0.4, -0.2) is 49.8 Å². The molecule has 0 saturated heterocycles. The van der Waals surface area contributed by atoms with Crippen LogP contribution in [0.15, 0.2) is 111 Å². The lowest BCUT2D eigenvalue weighted by molar-refractivity contribution is -0.129. The van der Waals surface area contributed by atoms with Crippen molar-refractivity contribution in [1.29, 1.82) is 0 Å². The molecule has 1 aliphatic rings. The number of nitrogens with one attached hydrogen (secondary N) is 1. The van der Waals surface area contributed by atoms with E-state index in [-0.39, 0.29) is 35.9 Å². The van der Waals surface area contributed by atoms with Gasteiger partial charge in [0.25, 0.3) is 5.91 Å². The second kappa shape index (κ2) is 14.5. The fraction of sp³-hybridized carbons (Fsp3) is 0.235. The number of carbonyl (C=O) groups is 1. The molecule has 46 heavy (non-hydrogen) atoms. The summed E-state index contributed by atoms with van der Waals surface area (Å²) in [7, 11) is -3.86. The Labute approximate surface area is 274 Å². The highest BCUT2D eigenvalue weighted by Crippen LogP contribution is 2.45. The zero-order chi connectivity index (χ0) is 32.7. The van der Waals surface area contributed by atoms with Crippen molar-refractivity contribution in [3.63, 3.8) is 0 Å². The van der Waals surface area contributed by atoms with E-state index in [1.165, 1.54) is 12.1 Å². The molecule has 240 valence electrons. The highest BCUT2D eigenvalue weighted by Gasteiger charge is 2.54. The summed E-state index contributed by atoms with van der Waals surface area (Å²) in [6.45, 7) is 0.0807. The van der Waals surface area contributed by atoms with E-state index in [9.17, 15) is 22.0 Å². The van der Waals surface area contributed by atoms with Gasteiger partial charge in [-0.3, -0.25) is 4.79 Å². The lowest BCUT2D eigenvalue weighted by Gasteiger charge is -2.31. The molecule has 0 spiro atoms. The molecule has 1 aliphatic heterocycles. The van der Waals surface area contributed by atoms with Crippen molar-refractivity contribution in [2.75, 3.05) is 19.0 Å². The van der Waals surface area contributed by atoms with Crippen LogP contribution in [0.1, 0.15) is 35.6 Å². The maximum absolute atomic E-state index is 14.3. The summed E-state index contributed by atoms with van der Waals surface area (Å²) < 4.78 is 67.5. The first-order valence-corrected chi connectivity index (χ1v) is 16.9. The predicted octanol–water partition coefficient (Wildman–Crippen LogP) is 5.93. The lowest BCUT2D eigenvalue weighted by Crippen LogP contribution is -2.49. The van der Waals surface area contributed by atoms with Crippen LogP contribution < -0.4 is 10.1 Å². The van der Waals surface area contributed by atoms with Crippen molar-refractivity contribution in [3.8, 4) is 5.75 Å². The molecule has 2 N–H and O–H groups in total. The van der Waals surface area contributed by atoms with Crippen LogP contribution in [0.3, 0.4) is 0 Å². The summed E-state index contributed by atoms with van der Waals surface area (Å²) in [6, 6.07) is 24.7. The molecule has 0 radical (unpaired) electrons. The molecule has 8 nitrogen and oxygen atoms in total. The molecule has 1 heterocycles. The van der Waals surface area contributed by atoms with Gasteiger partial charge in [0, 0.05) is 47.7 Å². The van der Waals surface area contributed by atoms with E-state index < -0.39 is 44.8 Å². The zero-order valence-electron chi connectivity index (χ0n) is 24.5. The number of aliphatic hydroxyl groups is 1. The van der Waals surface area contributed by atoms with Gasteiger partial charge < -0.3 is 19.9 Å².